The van der Waals surface area contributed by atoms with Gasteiger partial charge in [0.25, 0.3) is 0 Å². The molecule has 156 valence electrons. The first-order valence-electron chi connectivity index (χ1n) is 9.62. The maximum absolute atomic E-state index is 12.0. The molecule has 8 nitrogen and oxygen atoms in total. The number of rotatable bonds is 8. The fourth-order valence-corrected chi connectivity index (χ4v) is 3.44. The van der Waals surface area contributed by atoms with Crippen LogP contribution in [0.5, 0.6) is 17.2 Å². The second kappa shape index (κ2) is 9.04. The normalized spacial score (nSPS) is 15.3. The van der Waals surface area contributed by atoms with Crippen LogP contribution >= 0.6 is 11.6 Å². The van der Waals surface area contributed by atoms with Gasteiger partial charge in [0, 0.05) is 0 Å². The zero-order chi connectivity index (χ0) is 20.9. The van der Waals surface area contributed by atoms with E-state index < -0.39 is 0 Å². The molecule has 30 heavy (non-hydrogen) atoms. The van der Waals surface area contributed by atoms with Crippen LogP contribution in [0.15, 0.2) is 48.8 Å². The second-order valence-corrected chi connectivity index (χ2v) is 6.97. The minimum absolute atomic E-state index is 0.101. The number of hydrogen-bond acceptors (Lipinski definition) is 6. The SMILES string of the molecule is CCOc1cc([C@H]2CC(=O)Nc3ncnn32)ccc1OCCOc1ccccc1Cl. The molecule has 0 unspecified atom stereocenters. The van der Waals surface area contributed by atoms with Crippen LogP contribution in [-0.2, 0) is 4.79 Å². The van der Waals surface area contributed by atoms with Crippen molar-refractivity contribution in [1.82, 2.24) is 14.8 Å². The highest BCUT2D eigenvalue weighted by molar-refractivity contribution is 6.32. The van der Waals surface area contributed by atoms with Crippen molar-refractivity contribution in [3.05, 3.63) is 59.4 Å². The van der Waals surface area contributed by atoms with Gasteiger partial charge in [0.1, 0.15) is 25.3 Å². The Morgan fingerprint density at radius 3 is 2.70 bits per heavy atom. The van der Waals surface area contributed by atoms with Crippen molar-refractivity contribution in [3.63, 3.8) is 0 Å². The largest absolute Gasteiger partial charge is 0.490 e. The third kappa shape index (κ3) is 4.33. The molecule has 1 aliphatic rings. The molecule has 0 radical (unpaired) electrons. The molecule has 1 aromatic heterocycles. The van der Waals surface area contributed by atoms with Crippen LogP contribution in [0.1, 0.15) is 24.9 Å². The maximum atomic E-state index is 12.0. The lowest BCUT2D eigenvalue weighted by Gasteiger charge is -2.24. The highest BCUT2D eigenvalue weighted by Crippen LogP contribution is 2.35. The van der Waals surface area contributed by atoms with Crippen molar-refractivity contribution < 1.29 is 19.0 Å². The molecule has 4 rings (SSSR count). The molecule has 1 atom stereocenters. The van der Waals surface area contributed by atoms with Crippen molar-refractivity contribution in [2.75, 3.05) is 25.1 Å². The van der Waals surface area contributed by atoms with Crippen LogP contribution in [0, 0.1) is 0 Å². The molecule has 0 saturated carbocycles. The van der Waals surface area contributed by atoms with E-state index in [1.165, 1.54) is 6.33 Å². The lowest BCUT2D eigenvalue weighted by atomic mass is 10.0. The smallest absolute Gasteiger partial charge is 0.229 e. The van der Waals surface area contributed by atoms with Crippen LogP contribution in [0.2, 0.25) is 5.02 Å². The number of carbonyl (C=O) groups is 1. The Bertz CT molecular complexity index is 1040. The Hall–Kier alpha value is -3.26. The number of nitrogens with one attached hydrogen (secondary N) is 1. The Kier molecular flexibility index (Phi) is 6.04. The van der Waals surface area contributed by atoms with Crippen LogP contribution in [0.25, 0.3) is 0 Å². The topological polar surface area (TPSA) is 87.5 Å². The summed E-state index contributed by atoms with van der Waals surface area (Å²) in [5, 5.41) is 7.51. The van der Waals surface area contributed by atoms with E-state index in [0.717, 1.165) is 5.56 Å². The van der Waals surface area contributed by atoms with E-state index in [0.29, 0.717) is 48.0 Å². The monoisotopic (exact) mass is 428 g/mol. The van der Waals surface area contributed by atoms with Crippen molar-refractivity contribution >= 4 is 23.5 Å². The predicted molar refractivity (Wildman–Crippen MR) is 111 cm³/mol. The molecule has 0 spiro atoms. The minimum atomic E-state index is -0.256. The van der Waals surface area contributed by atoms with Crippen molar-refractivity contribution in [3.8, 4) is 17.2 Å². The van der Waals surface area contributed by atoms with Crippen LogP contribution < -0.4 is 19.5 Å². The molecular weight excluding hydrogens is 408 g/mol. The Morgan fingerprint density at radius 2 is 1.90 bits per heavy atom. The zero-order valence-corrected chi connectivity index (χ0v) is 17.1. The quantitative estimate of drug-likeness (QED) is 0.550. The summed E-state index contributed by atoms with van der Waals surface area (Å²) in [4.78, 5) is 16.1. The number of amides is 1. The van der Waals surface area contributed by atoms with Crippen LogP contribution in [0.3, 0.4) is 0 Å². The standard InChI is InChI=1S/C21H21ClN4O4/c1-2-28-19-11-14(16-12-20(27)25-21-23-13-24-26(16)21)7-8-18(19)30-10-9-29-17-6-4-3-5-15(17)22/h3-8,11,13,16H,2,9-10,12H2,1H3,(H,23,24,25,27)/t16-/m1/s1. The molecule has 1 N–H and O–H groups in total. The molecule has 0 aliphatic carbocycles. The number of para-hydroxylation sites is 1. The van der Waals surface area contributed by atoms with E-state index in [1.54, 1.807) is 10.7 Å². The van der Waals surface area contributed by atoms with E-state index in [-0.39, 0.29) is 18.4 Å². The maximum Gasteiger partial charge on any atom is 0.229 e. The van der Waals surface area contributed by atoms with Gasteiger partial charge < -0.3 is 14.2 Å². The number of benzene rings is 2. The Labute approximate surface area is 178 Å². The number of carbonyl (C=O) groups excluding carboxylic acids is 1. The van der Waals surface area contributed by atoms with Gasteiger partial charge in [-0.2, -0.15) is 10.1 Å². The summed E-state index contributed by atoms with van der Waals surface area (Å²) in [7, 11) is 0. The van der Waals surface area contributed by atoms with Crippen molar-refractivity contribution in [1.29, 1.82) is 0 Å². The second-order valence-electron chi connectivity index (χ2n) is 6.56. The molecular formula is C21H21ClN4O4. The van der Waals surface area contributed by atoms with Gasteiger partial charge in [-0.1, -0.05) is 29.8 Å². The Balaban J connectivity index is 1.46. The number of anilines is 1. The first kappa shape index (κ1) is 20.0. The lowest BCUT2D eigenvalue weighted by Crippen LogP contribution is -2.29. The minimum Gasteiger partial charge on any atom is -0.490 e. The van der Waals surface area contributed by atoms with E-state index in [4.69, 9.17) is 25.8 Å². The summed E-state index contributed by atoms with van der Waals surface area (Å²) >= 11 is 6.09. The third-order valence-corrected chi connectivity index (χ3v) is 4.90. The molecule has 0 saturated heterocycles. The highest BCUT2D eigenvalue weighted by atomic mass is 35.5. The first-order chi connectivity index (χ1) is 14.7. The zero-order valence-electron chi connectivity index (χ0n) is 16.4. The van der Waals surface area contributed by atoms with Gasteiger partial charge >= 0.3 is 0 Å². The molecule has 9 heteroatoms. The third-order valence-electron chi connectivity index (χ3n) is 4.59. The van der Waals surface area contributed by atoms with E-state index in [1.807, 2.05) is 43.3 Å². The van der Waals surface area contributed by atoms with Crippen LogP contribution in [-0.4, -0.2) is 40.5 Å². The fraction of sp³-hybridized carbons (Fsp3) is 0.286. The molecule has 3 aromatic rings. The summed E-state index contributed by atoms with van der Waals surface area (Å²) in [5.41, 5.74) is 0.889. The summed E-state index contributed by atoms with van der Waals surface area (Å²) in [5.74, 6) is 2.15. The predicted octanol–water partition coefficient (Wildman–Crippen LogP) is 3.72. The molecule has 1 aliphatic heterocycles. The van der Waals surface area contributed by atoms with Gasteiger partial charge in [0.05, 0.1) is 24.1 Å². The van der Waals surface area contributed by atoms with Gasteiger partial charge in [-0.05, 0) is 36.8 Å². The number of hydrogen-bond donors (Lipinski definition) is 1. The Morgan fingerprint density at radius 1 is 1.10 bits per heavy atom. The number of halogens is 1. The number of aromatic nitrogens is 3. The van der Waals surface area contributed by atoms with E-state index >= 15 is 0 Å². The summed E-state index contributed by atoms with van der Waals surface area (Å²) in [6.07, 6.45) is 1.70. The van der Waals surface area contributed by atoms with Crippen molar-refractivity contribution in [2.24, 2.45) is 0 Å². The molecule has 0 fully saturated rings. The summed E-state index contributed by atoms with van der Waals surface area (Å²) in [6, 6.07) is 12.6. The molecule has 2 heterocycles. The van der Waals surface area contributed by atoms with Gasteiger partial charge in [-0.3, -0.25) is 10.1 Å². The van der Waals surface area contributed by atoms with Crippen molar-refractivity contribution in [2.45, 2.75) is 19.4 Å². The van der Waals surface area contributed by atoms with Gasteiger partial charge in [0.2, 0.25) is 11.9 Å². The fourth-order valence-electron chi connectivity index (χ4n) is 3.25. The van der Waals surface area contributed by atoms with E-state index in [2.05, 4.69) is 15.4 Å². The molecule has 0 bridgehead atoms. The van der Waals surface area contributed by atoms with Crippen LogP contribution in [0.4, 0.5) is 5.95 Å². The highest BCUT2D eigenvalue weighted by Gasteiger charge is 2.28. The van der Waals surface area contributed by atoms with E-state index in [9.17, 15) is 4.79 Å². The molecule has 2 aromatic carbocycles. The molecule has 1 amide bonds. The average Bonchev–Trinajstić information content (AvgIpc) is 3.21. The van der Waals surface area contributed by atoms with Gasteiger partial charge in [-0.15, -0.1) is 0 Å². The lowest BCUT2D eigenvalue weighted by molar-refractivity contribution is -0.117. The number of fused-ring (bicyclic) bond motifs is 1. The summed E-state index contributed by atoms with van der Waals surface area (Å²) < 4.78 is 19.0. The summed E-state index contributed by atoms with van der Waals surface area (Å²) in [6.45, 7) is 3.04. The van der Waals surface area contributed by atoms with Gasteiger partial charge in [0.15, 0.2) is 11.5 Å². The number of ether oxygens (including phenoxy) is 3. The van der Waals surface area contributed by atoms with Gasteiger partial charge in [-0.25, -0.2) is 4.68 Å². The first-order valence-corrected chi connectivity index (χ1v) is 9.99. The average molecular weight is 429 g/mol. The number of nitrogens with zero attached hydrogens (tertiary/aromatic N) is 3.